The van der Waals surface area contributed by atoms with Crippen LogP contribution in [0.15, 0.2) is 48.8 Å². The molecule has 1 aromatic heterocycles. The molecule has 1 heterocycles. The van der Waals surface area contributed by atoms with Gasteiger partial charge in [0.25, 0.3) is 10.1 Å². The van der Waals surface area contributed by atoms with Crippen LogP contribution in [0.3, 0.4) is 0 Å². The van der Waals surface area contributed by atoms with Crippen LogP contribution in [0.4, 0.5) is 5.69 Å². The lowest BCUT2D eigenvalue weighted by Gasteiger charge is -2.25. The van der Waals surface area contributed by atoms with Crippen LogP contribution in [0.2, 0.25) is 0 Å². The Morgan fingerprint density at radius 1 is 0.828 bits per heavy atom. The summed E-state index contributed by atoms with van der Waals surface area (Å²) in [5.41, 5.74) is 3.65. The van der Waals surface area contributed by atoms with Crippen molar-refractivity contribution in [1.29, 1.82) is 0 Å². The Bertz CT molecular complexity index is 810. The zero-order valence-electron chi connectivity index (χ0n) is 17.8. The molecule has 0 atom stereocenters. The maximum atomic E-state index is 10.8. The van der Waals surface area contributed by atoms with E-state index in [4.69, 9.17) is 4.55 Å². The number of benzene rings is 1. The Labute approximate surface area is 176 Å². The number of unbranched alkanes of at least 4 members (excludes halogenated alkanes) is 3. The molecular formula is C23H35N2O3S+. The van der Waals surface area contributed by atoms with E-state index in [2.05, 4.69) is 55.1 Å². The number of aryl methyl sites for hydroxylation is 1. The predicted molar refractivity (Wildman–Crippen MR) is 120 cm³/mol. The molecule has 0 fully saturated rings. The van der Waals surface area contributed by atoms with Gasteiger partial charge < -0.3 is 4.90 Å². The zero-order chi connectivity index (χ0) is 21.1. The lowest BCUT2D eigenvalue weighted by Crippen LogP contribution is -2.32. The number of anilines is 1. The predicted octanol–water partition coefficient (Wildman–Crippen LogP) is 4.72. The number of pyridine rings is 1. The fourth-order valence-corrected chi connectivity index (χ4v) is 3.88. The first-order valence-corrected chi connectivity index (χ1v) is 12.3. The molecule has 6 heteroatoms. The van der Waals surface area contributed by atoms with Gasteiger partial charge in [0, 0.05) is 37.3 Å². The summed E-state index contributed by atoms with van der Waals surface area (Å²) >= 11 is 0. The molecule has 0 saturated heterocycles. The van der Waals surface area contributed by atoms with E-state index in [0.29, 0.717) is 12.8 Å². The van der Waals surface area contributed by atoms with Crippen molar-refractivity contribution in [2.24, 2.45) is 0 Å². The summed E-state index contributed by atoms with van der Waals surface area (Å²) in [5, 5.41) is 0. The highest BCUT2D eigenvalue weighted by molar-refractivity contribution is 7.85. The monoisotopic (exact) mass is 419 g/mol. The van der Waals surface area contributed by atoms with E-state index in [0.717, 1.165) is 19.6 Å². The SMILES string of the molecule is CCCCN(CCCC)c1ccc(-c2cc[n+](CCCCS(=O)(=O)O)cc2)cc1. The Hall–Kier alpha value is -1.92. The molecule has 0 aliphatic rings. The Morgan fingerprint density at radius 3 is 1.90 bits per heavy atom. The third-order valence-electron chi connectivity index (χ3n) is 5.09. The van der Waals surface area contributed by atoms with Gasteiger partial charge in [0.15, 0.2) is 12.4 Å². The molecule has 0 aliphatic heterocycles. The molecule has 0 saturated carbocycles. The summed E-state index contributed by atoms with van der Waals surface area (Å²) in [6.07, 6.45) is 10.1. The molecule has 160 valence electrons. The standard InChI is InChI=1S/C23H34N2O3S/c1-3-5-16-25(17-6-4-2)23-11-9-21(10-12-23)22-13-18-24(19-14-22)15-7-8-20-29(26,27)28/h9-14,18-19H,3-8,15-17,20H2,1-2H3/p+1. The fourth-order valence-electron chi connectivity index (χ4n) is 3.31. The average Bonchev–Trinajstić information content (AvgIpc) is 2.71. The van der Waals surface area contributed by atoms with Crippen LogP contribution in [0, 0.1) is 0 Å². The molecule has 0 spiro atoms. The molecule has 0 bridgehead atoms. The minimum absolute atomic E-state index is 0.175. The van der Waals surface area contributed by atoms with Gasteiger partial charge in [-0.2, -0.15) is 8.42 Å². The maximum Gasteiger partial charge on any atom is 0.264 e. The van der Waals surface area contributed by atoms with E-state index in [1.807, 2.05) is 17.0 Å². The second-order valence-corrected chi connectivity index (χ2v) is 9.13. The first-order chi connectivity index (χ1) is 13.9. The fraction of sp³-hybridized carbons (Fsp3) is 0.522. The molecule has 5 nitrogen and oxygen atoms in total. The molecule has 0 aliphatic carbocycles. The van der Waals surface area contributed by atoms with Crippen LogP contribution in [0.5, 0.6) is 0 Å². The van der Waals surface area contributed by atoms with Gasteiger partial charge in [-0.05, 0) is 42.5 Å². The van der Waals surface area contributed by atoms with Crippen molar-refractivity contribution in [3.05, 3.63) is 48.8 Å². The minimum Gasteiger partial charge on any atom is -0.372 e. The second-order valence-electron chi connectivity index (χ2n) is 7.56. The molecule has 0 unspecified atom stereocenters. The highest BCUT2D eigenvalue weighted by atomic mass is 32.2. The molecule has 0 radical (unpaired) electrons. The third kappa shape index (κ3) is 8.54. The lowest BCUT2D eigenvalue weighted by atomic mass is 10.1. The van der Waals surface area contributed by atoms with Gasteiger partial charge in [-0.25, -0.2) is 4.57 Å². The van der Waals surface area contributed by atoms with Crippen LogP contribution in [-0.4, -0.2) is 31.8 Å². The van der Waals surface area contributed by atoms with Crippen LogP contribution in [0.1, 0.15) is 52.4 Å². The highest BCUT2D eigenvalue weighted by Gasteiger charge is 2.08. The summed E-state index contributed by atoms with van der Waals surface area (Å²) in [6, 6.07) is 13.0. The number of hydrogen-bond acceptors (Lipinski definition) is 3. The minimum atomic E-state index is -3.85. The van der Waals surface area contributed by atoms with Gasteiger partial charge in [-0.1, -0.05) is 38.8 Å². The summed E-state index contributed by atoms with van der Waals surface area (Å²) in [6.45, 7) is 7.42. The van der Waals surface area contributed by atoms with Crippen molar-refractivity contribution in [3.8, 4) is 11.1 Å². The molecular weight excluding hydrogens is 384 g/mol. The van der Waals surface area contributed by atoms with E-state index in [-0.39, 0.29) is 5.75 Å². The van der Waals surface area contributed by atoms with Crippen molar-refractivity contribution < 1.29 is 17.5 Å². The second kappa shape index (κ2) is 11.9. The van der Waals surface area contributed by atoms with Crippen LogP contribution in [0.25, 0.3) is 11.1 Å². The Morgan fingerprint density at radius 2 is 1.38 bits per heavy atom. The lowest BCUT2D eigenvalue weighted by molar-refractivity contribution is -0.697. The normalized spacial score (nSPS) is 11.6. The first kappa shape index (κ1) is 23.4. The number of aromatic nitrogens is 1. The molecule has 1 N–H and O–H groups in total. The molecule has 29 heavy (non-hydrogen) atoms. The quantitative estimate of drug-likeness (QED) is 0.290. The summed E-state index contributed by atoms with van der Waals surface area (Å²) < 4.78 is 32.3. The topological polar surface area (TPSA) is 61.5 Å². The summed E-state index contributed by atoms with van der Waals surface area (Å²) in [5.74, 6) is -0.175. The largest absolute Gasteiger partial charge is 0.372 e. The molecule has 2 rings (SSSR count). The van der Waals surface area contributed by atoms with Crippen LogP contribution >= 0.6 is 0 Å². The maximum absolute atomic E-state index is 10.8. The molecule has 0 amide bonds. The summed E-state index contributed by atoms with van der Waals surface area (Å²) in [7, 11) is -3.85. The highest BCUT2D eigenvalue weighted by Crippen LogP contribution is 2.23. The number of hydrogen-bond donors (Lipinski definition) is 1. The van der Waals surface area contributed by atoms with Crippen LogP contribution in [-0.2, 0) is 16.7 Å². The van der Waals surface area contributed by atoms with Crippen molar-refractivity contribution in [2.45, 2.75) is 58.9 Å². The van der Waals surface area contributed by atoms with Gasteiger partial charge in [0.05, 0.1) is 5.75 Å². The van der Waals surface area contributed by atoms with Crippen molar-refractivity contribution in [2.75, 3.05) is 23.7 Å². The van der Waals surface area contributed by atoms with E-state index < -0.39 is 10.1 Å². The summed E-state index contributed by atoms with van der Waals surface area (Å²) in [4.78, 5) is 2.49. The van der Waals surface area contributed by atoms with Gasteiger partial charge in [-0.3, -0.25) is 4.55 Å². The van der Waals surface area contributed by atoms with Gasteiger partial charge in [-0.15, -0.1) is 0 Å². The van der Waals surface area contributed by atoms with E-state index in [9.17, 15) is 8.42 Å². The van der Waals surface area contributed by atoms with Gasteiger partial charge in [0.2, 0.25) is 0 Å². The van der Waals surface area contributed by atoms with Crippen molar-refractivity contribution in [1.82, 2.24) is 0 Å². The smallest absolute Gasteiger partial charge is 0.264 e. The van der Waals surface area contributed by atoms with E-state index >= 15 is 0 Å². The van der Waals surface area contributed by atoms with Crippen LogP contribution < -0.4 is 9.47 Å². The van der Waals surface area contributed by atoms with Gasteiger partial charge in [0.1, 0.15) is 6.54 Å². The first-order valence-electron chi connectivity index (χ1n) is 10.7. The Kier molecular flexibility index (Phi) is 9.61. The molecule has 1 aromatic carbocycles. The molecule has 2 aromatic rings. The third-order valence-corrected chi connectivity index (χ3v) is 5.89. The van der Waals surface area contributed by atoms with E-state index in [1.165, 1.54) is 42.5 Å². The Balaban J connectivity index is 1.96. The average molecular weight is 420 g/mol. The number of rotatable bonds is 13. The van der Waals surface area contributed by atoms with Crippen molar-refractivity contribution >= 4 is 15.8 Å². The zero-order valence-corrected chi connectivity index (χ0v) is 18.6. The van der Waals surface area contributed by atoms with Crippen molar-refractivity contribution in [3.63, 3.8) is 0 Å². The number of nitrogens with zero attached hydrogens (tertiary/aromatic N) is 2. The van der Waals surface area contributed by atoms with E-state index in [1.54, 1.807) is 0 Å². The van der Waals surface area contributed by atoms with Gasteiger partial charge >= 0.3 is 0 Å².